The van der Waals surface area contributed by atoms with E-state index in [0.717, 1.165) is 24.5 Å². The normalized spacial score (nSPS) is 10.3. The molecule has 0 aliphatic rings. The van der Waals surface area contributed by atoms with Gasteiger partial charge in [0, 0.05) is 38.6 Å². The van der Waals surface area contributed by atoms with Gasteiger partial charge in [0.05, 0.1) is 5.69 Å². The maximum atomic E-state index is 5.72. The standard InChI is InChI=1S/C11H15N5/c1-16-8-7-14-10(16)4-6-13-9-3-2-5-15-11(9)12/h2-3,5,7-8,13H,4,6H2,1H3,(H2,12,15). The van der Waals surface area contributed by atoms with E-state index < -0.39 is 0 Å². The highest BCUT2D eigenvalue weighted by molar-refractivity contribution is 5.60. The second-order valence-electron chi connectivity index (χ2n) is 3.57. The first kappa shape index (κ1) is 10.5. The quantitative estimate of drug-likeness (QED) is 0.803. The molecule has 2 aromatic rings. The van der Waals surface area contributed by atoms with Gasteiger partial charge in [0.15, 0.2) is 0 Å². The van der Waals surface area contributed by atoms with Gasteiger partial charge in [-0.2, -0.15) is 0 Å². The Balaban J connectivity index is 1.89. The SMILES string of the molecule is Cn1ccnc1CCNc1cccnc1N. The summed E-state index contributed by atoms with van der Waals surface area (Å²) in [4.78, 5) is 8.25. The summed E-state index contributed by atoms with van der Waals surface area (Å²) in [6.07, 6.45) is 6.28. The van der Waals surface area contributed by atoms with Crippen molar-refractivity contribution in [1.29, 1.82) is 0 Å². The van der Waals surface area contributed by atoms with Crippen LogP contribution >= 0.6 is 0 Å². The predicted octanol–water partition coefficient (Wildman–Crippen LogP) is 1.05. The van der Waals surface area contributed by atoms with E-state index in [4.69, 9.17) is 5.73 Å². The lowest BCUT2D eigenvalue weighted by Gasteiger charge is -2.07. The van der Waals surface area contributed by atoms with Crippen molar-refractivity contribution in [3.63, 3.8) is 0 Å². The van der Waals surface area contributed by atoms with Crippen LogP contribution in [0.4, 0.5) is 11.5 Å². The second kappa shape index (κ2) is 4.65. The molecule has 0 amide bonds. The molecule has 0 saturated carbocycles. The third-order valence-electron chi connectivity index (χ3n) is 2.42. The van der Waals surface area contributed by atoms with Crippen molar-refractivity contribution in [2.45, 2.75) is 6.42 Å². The van der Waals surface area contributed by atoms with E-state index in [9.17, 15) is 0 Å². The average molecular weight is 217 g/mol. The third-order valence-corrected chi connectivity index (χ3v) is 2.42. The summed E-state index contributed by atoms with van der Waals surface area (Å²) in [5.41, 5.74) is 6.59. The molecular weight excluding hydrogens is 202 g/mol. The molecule has 2 heterocycles. The van der Waals surface area contributed by atoms with Crippen LogP contribution in [0.25, 0.3) is 0 Å². The van der Waals surface area contributed by atoms with E-state index in [0.29, 0.717) is 5.82 Å². The highest BCUT2D eigenvalue weighted by Gasteiger charge is 2.00. The third kappa shape index (κ3) is 2.31. The smallest absolute Gasteiger partial charge is 0.146 e. The number of pyridine rings is 1. The van der Waals surface area contributed by atoms with Crippen molar-refractivity contribution < 1.29 is 0 Å². The van der Waals surface area contributed by atoms with Crippen molar-refractivity contribution in [3.05, 3.63) is 36.5 Å². The number of nitrogens with two attached hydrogens (primary N) is 1. The number of hydrogen-bond donors (Lipinski definition) is 2. The summed E-state index contributed by atoms with van der Waals surface area (Å²) in [6.45, 7) is 0.792. The van der Waals surface area contributed by atoms with E-state index in [1.165, 1.54) is 0 Å². The van der Waals surface area contributed by atoms with Crippen molar-refractivity contribution in [2.75, 3.05) is 17.6 Å². The van der Waals surface area contributed by atoms with Gasteiger partial charge in [-0.05, 0) is 12.1 Å². The summed E-state index contributed by atoms with van der Waals surface area (Å²) < 4.78 is 2.01. The lowest BCUT2D eigenvalue weighted by molar-refractivity contribution is 0.789. The lowest BCUT2D eigenvalue weighted by Crippen LogP contribution is -2.10. The van der Waals surface area contributed by atoms with Gasteiger partial charge in [-0.3, -0.25) is 0 Å². The van der Waals surface area contributed by atoms with Crippen LogP contribution in [-0.2, 0) is 13.5 Å². The molecule has 0 saturated heterocycles. The highest BCUT2D eigenvalue weighted by atomic mass is 15.0. The van der Waals surface area contributed by atoms with Gasteiger partial charge >= 0.3 is 0 Å². The number of aromatic nitrogens is 3. The molecule has 0 aliphatic carbocycles. The number of anilines is 2. The zero-order valence-electron chi connectivity index (χ0n) is 9.22. The van der Waals surface area contributed by atoms with Crippen molar-refractivity contribution >= 4 is 11.5 Å². The number of imidazole rings is 1. The number of rotatable bonds is 4. The molecule has 5 heteroatoms. The molecule has 0 fully saturated rings. The van der Waals surface area contributed by atoms with Crippen LogP contribution in [0, 0.1) is 0 Å². The molecule has 0 atom stereocenters. The van der Waals surface area contributed by atoms with Crippen LogP contribution in [0.1, 0.15) is 5.82 Å². The first-order valence-corrected chi connectivity index (χ1v) is 5.18. The van der Waals surface area contributed by atoms with E-state index in [-0.39, 0.29) is 0 Å². The van der Waals surface area contributed by atoms with Crippen LogP contribution in [0.5, 0.6) is 0 Å². The van der Waals surface area contributed by atoms with Crippen molar-refractivity contribution in [2.24, 2.45) is 7.05 Å². The minimum atomic E-state index is 0.530. The van der Waals surface area contributed by atoms with E-state index in [1.807, 2.05) is 29.9 Å². The second-order valence-corrected chi connectivity index (χ2v) is 3.57. The molecule has 0 radical (unpaired) electrons. The number of nitrogen functional groups attached to an aromatic ring is 1. The maximum Gasteiger partial charge on any atom is 0.146 e. The fourth-order valence-corrected chi connectivity index (χ4v) is 1.51. The molecule has 2 aromatic heterocycles. The van der Waals surface area contributed by atoms with Gasteiger partial charge in [-0.25, -0.2) is 9.97 Å². The maximum absolute atomic E-state index is 5.72. The topological polar surface area (TPSA) is 68.8 Å². The van der Waals surface area contributed by atoms with E-state index in [2.05, 4.69) is 15.3 Å². The van der Waals surface area contributed by atoms with Gasteiger partial charge in [0.2, 0.25) is 0 Å². The molecule has 5 nitrogen and oxygen atoms in total. The fourth-order valence-electron chi connectivity index (χ4n) is 1.51. The average Bonchev–Trinajstić information content (AvgIpc) is 2.67. The van der Waals surface area contributed by atoms with Crippen LogP contribution in [0.2, 0.25) is 0 Å². The predicted molar refractivity (Wildman–Crippen MR) is 64.1 cm³/mol. The van der Waals surface area contributed by atoms with Crippen LogP contribution in [0.3, 0.4) is 0 Å². The van der Waals surface area contributed by atoms with E-state index in [1.54, 1.807) is 12.4 Å². The number of aryl methyl sites for hydroxylation is 1. The molecule has 0 spiro atoms. The molecule has 0 aromatic carbocycles. The van der Waals surface area contributed by atoms with Gasteiger partial charge < -0.3 is 15.6 Å². The summed E-state index contributed by atoms with van der Waals surface area (Å²) in [7, 11) is 1.99. The summed E-state index contributed by atoms with van der Waals surface area (Å²) in [6, 6.07) is 3.78. The van der Waals surface area contributed by atoms with Crippen molar-refractivity contribution in [1.82, 2.24) is 14.5 Å². The Labute approximate surface area is 94.3 Å². The monoisotopic (exact) mass is 217 g/mol. The highest BCUT2D eigenvalue weighted by Crippen LogP contribution is 2.13. The summed E-state index contributed by atoms with van der Waals surface area (Å²) >= 11 is 0. The first-order valence-electron chi connectivity index (χ1n) is 5.18. The lowest BCUT2D eigenvalue weighted by atomic mass is 10.3. The largest absolute Gasteiger partial charge is 0.382 e. The Bertz CT molecular complexity index is 463. The van der Waals surface area contributed by atoms with Gasteiger partial charge in [0.25, 0.3) is 0 Å². The summed E-state index contributed by atoms with van der Waals surface area (Å²) in [5, 5.41) is 3.24. The molecule has 16 heavy (non-hydrogen) atoms. The molecule has 0 bridgehead atoms. The van der Waals surface area contributed by atoms with Crippen LogP contribution < -0.4 is 11.1 Å². The zero-order chi connectivity index (χ0) is 11.4. The zero-order valence-corrected chi connectivity index (χ0v) is 9.22. The summed E-state index contributed by atoms with van der Waals surface area (Å²) in [5.74, 6) is 1.58. The van der Waals surface area contributed by atoms with E-state index >= 15 is 0 Å². The Morgan fingerprint density at radius 1 is 1.38 bits per heavy atom. The minimum absolute atomic E-state index is 0.530. The molecule has 0 unspecified atom stereocenters. The Morgan fingerprint density at radius 3 is 2.94 bits per heavy atom. The van der Waals surface area contributed by atoms with Crippen LogP contribution in [0.15, 0.2) is 30.7 Å². The Morgan fingerprint density at radius 2 is 2.25 bits per heavy atom. The number of nitrogens with zero attached hydrogens (tertiary/aromatic N) is 3. The van der Waals surface area contributed by atoms with Gasteiger partial charge in [-0.1, -0.05) is 0 Å². The molecule has 0 aliphatic heterocycles. The van der Waals surface area contributed by atoms with Crippen LogP contribution in [-0.4, -0.2) is 21.1 Å². The Kier molecular flexibility index (Phi) is 3.05. The van der Waals surface area contributed by atoms with Crippen molar-refractivity contribution in [3.8, 4) is 0 Å². The van der Waals surface area contributed by atoms with Gasteiger partial charge in [0.1, 0.15) is 11.6 Å². The molecule has 2 rings (SSSR count). The molecule has 84 valence electrons. The first-order chi connectivity index (χ1) is 7.77. The molecule has 3 N–H and O–H groups in total. The minimum Gasteiger partial charge on any atom is -0.382 e. The number of nitrogens with one attached hydrogen (secondary N) is 1. The van der Waals surface area contributed by atoms with Gasteiger partial charge in [-0.15, -0.1) is 0 Å². The fraction of sp³-hybridized carbons (Fsp3) is 0.273. The molecular formula is C11H15N5. The Hall–Kier alpha value is -2.04. The number of hydrogen-bond acceptors (Lipinski definition) is 4.